The van der Waals surface area contributed by atoms with Crippen molar-refractivity contribution in [1.29, 1.82) is 0 Å². The van der Waals surface area contributed by atoms with Gasteiger partial charge in [-0.25, -0.2) is 15.0 Å². The fourth-order valence-corrected chi connectivity index (χ4v) is 4.22. The minimum absolute atomic E-state index is 0.472. The largest absolute Gasteiger partial charge is 0.365 e. The van der Waals surface area contributed by atoms with E-state index in [9.17, 15) is 0 Å². The van der Waals surface area contributed by atoms with Gasteiger partial charge in [-0.1, -0.05) is 76.0 Å². The summed E-state index contributed by atoms with van der Waals surface area (Å²) in [6, 6.07) is 10.7. The average molecular weight is 378 g/mol. The second-order valence-electron chi connectivity index (χ2n) is 7.95. The molecular formula is C23H31N5. The molecule has 0 unspecified atom stereocenters. The lowest BCUT2D eigenvalue weighted by atomic mass is 9.98. The van der Waals surface area contributed by atoms with Crippen LogP contribution < -0.4 is 5.32 Å². The predicted octanol–water partition coefficient (Wildman–Crippen LogP) is 5.90. The number of fused-ring (bicyclic) bond motifs is 1. The molecule has 1 fully saturated rings. The molecule has 5 nitrogen and oxygen atoms in total. The number of nitrogens with zero attached hydrogens (tertiary/aromatic N) is 4. The molecule has 1 N–H and O–H groups in total. The topological polar surface area (TPSA) is 55.6 Å². The highest BCUT2D eigenvalue weighted by molar-refractivity contribution is 5.84. The summed E-state index contributed by atoms with van der Waals surface area (Å²) in [5.41, 5.74) is 2.79. The first-order valence-corrected chi connectivity index (χ1v) is 10.9. The molecule has 148 valence electrons. The Labute approximate surface area is 167 Å². The van der Waals surface area contributed by atoms with Crippen LogP contribution >= 0.6 is 0 Å². The van der Waals surface area contributed by atoms with E-state index < -0.39 is 0 Å². The second-order valence-corrected chi connectivity index (χ2v) is 7.95. The van der Waals surface area contributed by atoms with Crippen LogP contribution in [0, 0.1) is 0 Å². The quantitative estimate of drug-likeness (QED) is 0.617. The molecule has 28 heavy (non-hydrogen) atoms. The van der Waals surface area contributed by atoms with Crippen molar-refractivity contribution in [3.05, 3.63) is 43.0 Å². The van der Waals surface area contributed by atoms with Crippen molar-refractivity contribution in [1.82, 2.24) is 19.5 Å². The third-order valence-electron chi connectivity index (χ3n) is 5.81. The lowest BCUT2D eigenvalue weighted by molar-refractivity contribution is 0.480. The van der Waals surface area contributed by atoms with Gasteiger partial charge in [0.25, 0.3) is 0 Å². The summed E-state index contributed by atoms with van der Waals surface area (Å²) in [7, 11) is 0. The van der Waals surface area contributed by atoms with Crippen LogP contribution in [0.25, 0.3) is 16.9 Å². The number of hydrogen-bond acceptors (Lipinski definition) is 4. The summed E-state index contributed by atoms with van der Waals surface area (Å²) >= 11 is 0. The summed E-state index contributed by atoms with van der Waals surface area (Å²) in [5.74, 6) is 0.872. The monoisotopic (exact) mass is 377 g/mol. The molecule has 2 heterocycles. The number of benzene rings is 1. The van der Waals surface area contributed by atoms with E-state index >= 15 is 0 Å². The Kier molecular flexibility index (Phi) is 6.53. The van der Waals surface area contributed by atoms with Gasteiger partial charge in [0.15, 0.2) is 17.0 Å². The van der Waals surface area contributed by atoms with E-state index in [0.29, 0.717) is 6.04 Å². The van der Waals surface area contributed by atoms with Crippen molar-refractivity contribution >= 4 is 17.0 Å². The van der Waals surface area contributed by atoms with Crippen LogP contribution in [-0.2, 0) is 0 Å². The van der Waals surface area contributed by atoms with Gasteiger partial charge < -0.3 is 5.32 Å². The van der Waals surface area contributed by atoms with Gasteiger partial charge >= 0.3 is 0 Å². The van der Waals surface area contributed by atoms with Crippen LogP contribution in [0.5, 0.6) is 0 Å². The summed E-state index contributed by atoms with van der Waals surface area (Å²) in [5, 5.41) is 3.71. The molecule has 1 aliphatic rings. The van der Waals surface area contributed by atoms with E-state index in [1.54, 1.807) is 6.33 Å². The molecule has 0 aliphatic heterocycles. The van der Waals surface area contributed by atoms with Gasteiger partial charge in [-0.3, -0.25) is 4.57 Å². The van der Waals surface area contributed by atoms with Crippen molar-refractivity contribution in [3.63, 3.8) is 0 Å². The Morgan fingerprint density at radius 3 is 2.07 bits per heavy atom. The fourth-order valence-electron chi connectivity index (χ4n) is 4.22. The van der Waals surface area contributed by atoms with Crippen LogP contribution in [-0.4, -0.2) is 25.6 Å². The van der Waals surface area contributed by atoms with Crippen LogP contribution in [0.15, 0.2) is 43.0 Å². The Hall–Kier alpha value is -2.43. The van der Waals surface area contributed by atoms with Crippen LogP contribution in [0.1, 0.15) is 70.6 Å². The fraction of sp³-hybridized carbons (Fsp3) is 0.522. The Balaban J connectivity index is 1.52. The molecule has 0 bridgehead atoms. The lowest BCUT2D eigenvalue weighted by Gasteiger charge is -2.20. The van der Waals surface area contributed by atoms with Gasteiger partial charge in [0.1, 0.15) is 12.7 Å². The Morgan fingerprint density at radius 1 is 0.750 bits per heavy atom. The van der Waals surface area contributed by atoms with Crippen molar-refractivity contribution in [2.75, 3.05) is 5.32 Å². The molecule has 0 spiro atoms. The van der Waals surface area contributed by atoms with Crippen LogP contribution in [0.3, 0.4) is 0 Å². The zero-order chi connectivity index (χ0) is 19.0. The highest BCUT2D eigenvalue weighted by Crippen LogP contribution is 2.24. The van der Waals surface area contributed by atoms with Gasteiger partial charge in [-0.15, -0.1) is 0 Å². The molecule has 4 rings (SSSR count). The maximum absolute atomic E-state index is 4.64. The Morgan fingerprint density at radius 2 is 1.39 bits per heavy atom. The molecule has 0 atom stereocenters. The summed E-state index contributed by atoms with van der Waals surface area (Å²) in [4.78, 5) is 13.7. The number of imidazole rings is 1. The molecule has 0 saturated heterocycles. The molecule has 3 aromatic rings. The molecule has 1 saturated carbocycles. The minimum Gasteiger partial charge on any atom is -0.365 e. The third kappa shape index (κ3) is 4.70. The number of aromatic nitrogens is 4. The van der Waals surface area contributed by atoms with E-state index in [-0.39, 0.29) is 0 Å². The first-order valence-electron chi connectivity index (χ1n) is 10.9. The highest BCUT2D eigenvalue weighted by atomic mass is 15.2. The SMILES string of the molecule is c1ccc(-n2cnc3c(NC4CCCCCCCCCCC4)ncnc32)cc1. The number of rotatable bonds is 3. The predicted molar refractivity (Wildman–Crippen MR) is 115 cm³/mol. The van der Waals surface area contributed by atoms with Gasteiger partial charge in [0, 0.05) is 11.7 Å². The minimum atomic E-state index is 0.472. The third-order valence-corrected chi connectivity index (χ3v) is 5.81. The molecular weight excluding hydrogens is 346 g/mol. The number of para-hydroxylation sites is 1. The number of nitrogens with one attached hydrogen (secondary N) is 1. The van der Waals surface area contributed by atoms with E-state index in [4.69, 9.17) is 0 Å². The van der Waals surface area contributed by atoms with Crippen molar-refractivity contribution in [3.8, 4) is 5.69 Å². The van der Waals surface area contributed by atoms with E-state index in [1.165, 1.54) is 70.6 Å². The number of anilines is 1. The maximum atomic E-state index is 4.64. The van der Waals surface area contributed by atoms with Gasteiger partial charge in [-0.2, -0.15) is 0 Å². The zero-order valence-corrected chi connectivity index (χ0v) is 16.7. The number of hydrogen-bond donors (Lipinski definition) is 1. The standard InChI is InChI=1S/C23H31N5/c1-2-4-6-9-13-19(14-10-7-5-3-1)27-22-21-23(25-17-24-22)28(18-26-21)20-15-11-8-12-16-20/h8,11-12,15-19H,1-7,9-10,13-14H2,(H,24,25,27). The van der Waals surface area contributed by atoms with Crippen LogP contribution in [0.2, 0.25) is 0 Å². The van der Waals surface area contributed by atoms with E-state index in [1.807, 2.05) is 29.1 Å². The molecule has 0 amide bonds. The van der Waals surface area contributed by atoms with E-state index in [2.05, 4.69) is 32.4 Å². The van der Waals surface area contributed by atoms with Gasteiger partial charge in [0.2, 0.25) is 0 Å². The highest BCUT2D eigenvalue weighted by Gasteiger charge is 2.15. The average Bonchev–Trinajstić information content (AvgIpc) is 3.16. The lowest BCUT2D eigenvalue weighted by Crippen LogP contribution is -2.20. The summed E-state index contributed by atoms with van der Waals surface area (Å²) in [6.07, 6.45) is 18.2. The molecule has 2 aromatic heterocycles. The summed E-state index contributed by atoms with van der Waals surface area (Å²) in [6.45, 7) is 0. The zero-order valence-electron chi connectivity index (χ0n) is 16.7. The Bertz CT molecular complexity index is 846. The maximum Gasteiger partial charge on any atom is 0.170 e. The normalized spacial score (nSPS) is 17.7. The van der Waals surface area contributed by atoms with Gasteiger partial charge in [0.05, 0.1) is 0 Å². The smallest absolute Gasteiger partial charge is 0.170 e. The van der Waals surface area contributed by atoms with Crippen molar-refractivity contribution < 1.29 is 0 Å². The molecule has 1 aromatic carbocycles. The van der Waals surface area contributed by atoms with Crippen molar-refractivity contribution in [2.45, 2.75) is 76.7 Å². The van der Waals surface area contributed by atoms with Gasteiger partial charge in [-0.05, 0) is 25.0 Å². The first-order chi connectivity index (χ1) is 13.9. The first kappa shape index (κ1) is 18.9. The molecule has 1 aliphatic carbocycles. The summed E-state index contributed by atoms with van der Waals surface area (Å²) < 4.78 is 2.03. The van der Waals surface area contributed by atoms with Crippen LogP contribution in [0.4, 0.5) is 5.82 Å². The molecule has 0 radical (unpaired) electrons. The van der Waals surface area contributed by atoms with Crippen molar-refractivity contribution in [2.24, 2.45) is 0 Å². The van der Waals surface area contributed by atoms with E-state index in [0.717, 1.165) is 22.7 Å². The second kappa shape index (κ2) is 9.67. The molecule has 5 heteroatoms.